The largest absolute Gasteiger partial charge is 0.480 e. The number of carboxylic acids is 1. The van der Waals surface area contributed by atoms with Crippen molar-refractivity contribution >= 4 is 39.1 Å². The van der Waals surface area contributed by atoms with E-state index in [0.717, 1.165) is 8.66 Å². The Morgan fingerprint density at radius 2 is 2.32 bits per heavy atom. The van der Waals surface area contributed by atoms with E-state index in [2.05, 4.69) is 15.9 Å². The van der Waals surface area contributed by atoms with Gasteiger partial charge in [-0.05, 0) is 28.1 Å². The van der Waals surface area contributed by atoms with E-state index < -0.39 is 12.0 Å². The number of carbonyl (C=O) groups is 2. The van der Waals surface area contributed by atoms with Gasteiger partial charge in [0.15, 0.2) is 0 Å². The van der Waals surface area contributed by atoms with E-state index in [1.54, 1.807) is 0 Å². The number of carbonyl (C=O) groups excluding carboxylic acids is 1. The first-order valence-electron chi connectivity index (χ1n) is 5.80. The van der Waals surface area contributed by atoms with Crippen molar-refractivity contribution in [2.45, 2.75) is 25.0 Å². The monoisotopic (exact) mass is 347 g/mol. The lowest BCUT2D eigenvalue weighted by atomic mass is 10.2. The van der Waals surface area contributed by atoms with Gasteiger partial charge in [0.25, 0.3) is 0 Å². The molecular formula is C12H14BrNO4S. The van der Waals surface area contributed by atoms with Crippen LogP contribution in [0.5, 0.6) is 0 Å². The van der Waals surface area contributed by atoms with E-state index in [1.165, 1.54) is 23.3 Å². The molecule has 2 atom stereocenters. The van der Waals surface area contributed by atoms with E-state index >= 15 is 0 Å². The number of nitrogens with zero attached hydrogens (tertiary/aromatic N) is 1. The maximum absolute atomic E-state index is 12.2. The summed E-state index contributed by atoms with van der Waals surface area (Å²) in [6.45, 7) is 0.346. The second-order valence-corrected chi connectivity index (χ2v) is 6.92. The molecule has 1 aromatic rings. The van der Waals surface area contributed by atoms with Crippen LogP contribution in [-0.2, 0) is 20.7 Å². The lowest BCUT2D eigenvalue weighted by Crippen LogP contribution is -2.41. The van der Waals surface area contributed by atoms with Crippen molar-refractivity contribution in [2.75, 3.05) is 13.7 Å². The second kappa shape index (κ2) is 6.02. The first kappa shape index (κ1) is 14.5. The Balaban J connectivity index is 2.06. The molecule has 0 aliphatic carbocycles. The normalized spacial score (nSPS) is 22.7. The van der Waals surface area contributed by atoms with E-state index in [4.69, 9.17) is 9.84 Å². The van der Waals surface area contributed by atoms with Crippen molar-refractivity contribution in [2.24, 2.45) is 0 Å². The quantitative estimate of drug-likeness (QED) is 0.900. The highest BCUT2D eigenvalue weighted by molar-refractivity contribution is 9.11. The Bertz CT molecular complexity index is 490. The van der Waals surface area contributed by atoms with Crippen LogP contribution in [-0.4, -0.2) is 47.7 Å². The third-order valence-corrected chi connectivity index (χ3v) is 4.78. The van der Waals surface area contributed by atoms with Crippen molar-refractivity contribution in [3.63, 3.8) is 0 Å². The van der Waals surface area contributed by atoms with Gasteiger partial charge >= 0.3 is 5.97 Å². The van der Waals surface area contributed by atoms with Crippen LogP contribution in [0.15, 0.2) is 15.9 Å². The van der Waals surface area contributed by atoms with Gasteiger partial charge in [-0.1, -0.05) is 0 Å². The smallest absolute Gasteiger partial charge is 0.326 e. The summed E-state index contributed by atoms with van der Waals surface area (Å²) in [6.07, 6.45) is 0.391. The molecule has 1 saturated heterocycles. The number of rotatable bonds is 4. The van der Waals surface area contributed by atoms with Gasteiger partial charge in [-0.2, -0.15) is 0 Å². The number of amides is 1. The zero-order chi connectivity index (χ0) is 14.0. The van der Waals surface area contributed by atoms with E-state index in [-0.39, 0.29) is 18.4 Å². The fourth-order valence-electron chi connectivity index (χ4n) is 2.18. The van der Waals surface area contributed by atoms with Crippen LogP contribution in [0.4, 0.5) is 0 Å². The summed E-state index contributed by atoms with van der Waals surface area (Å²) in [6, 6.07) is 2.97. The number of hydrogen-bond donors (Lipinski definition) is 1. The lowest BCUT2D eigenvalue weighted by molar-refractivity contribution is -0.147. The van der Waals surface area contributed by atoms with Gasteiger partial charge in [0.05, 0.1) is 16.3 Å². The predicted octanol–water partition coefficient (Wildman–Crippen LogP) is 1.75. The molecule has 1 aliphatic rings. The van der Waals surface area contributed by atoms with Crippen LogP contribution in [0.2, 0.25) is 0 Å². The topological polar surface area (TPSA) is 66.8 Å². The molecule has 0 radical (unpaired) electrons. The molecule has 1 aliphatic heterocycles. The Morgan fingerprint density at radius 3 is 2.84 bits per heavy atom. The minimum atomic E-state index is -0.972. The van der Waals surface area contributed by atoms with Gasteiger partial charge in [-0.3, -0.25) is 4.79 Å². The molecule has 1 aromatic heterocycles. The zero-order valence-corrected chi connectivity index (χ0v) is 12.7. The molecule has 1 amide bonds. The number of halogens is 1. The number of likely N-dealkylation sites (tertiary alicyclic amines) is 1. The van der Waals surface area contributed by atoms with Gasteiger partial charge in [-0.25, -0.2) is 4.79 Å². The summed E-state index contributed by atoms with van der Waals surface area (Å²) >= 11 is 4.82. The molecule has 0 saturated carbocycles. The molecule has 7 heteroatoms. The predicted molar refractivity (Wildman–Crippen MR) is 74.3 cm³/mol. The lowest BCUT2D eigenvalue weighted by Gasteiger charge is -2.20. The standard InChI is InChI=1S/C12H14BrNO4S/c1-18-7-4-9(12(16)17)14(6-7)11(15)5-8-2-3-10(13)19-8/h2-3,7,9H,4-6H2,1H3,(H,16,17). The van der Waals surface area contributed by atoms with Crippen molar-refractivity contribution in [1.29, 1.82) is 0 Å². The molecule has 0 bridgehead atoms. The molecular weight excluding hydrogens is 334 g/mol. The SMILES string of the molecule is COC1CC(C(=O)O)N(C(=O)Cc2ccc(Br)s2)C1. The summed E-state index contributed by atoms with van der Waals surface area (Å²) in [7, 11) is 1.54. The minimum Gasteiger partial charge on any atom is -0.480 e. The van der Waals surface area contributed by atoms with Crippen molar-refractivity contribution in [3.8, 4) is 0 Å². The fourth-order valence-corrected chi connectivity index (χ4v) is 3.65. The van der Waals surface area contributed by atoms with E-state index in [9.17, 15) is 9.59 Å². The summed E-state index contributed by atoms with van der Waals surface area (Å²) in [5.74, 6) is -1.14. The van der Waals surface area contributed by atoms with Crippen LogP contribution in [0, 0.1) is 0 Å². The molecule has 2 unspecified atom stereocenters. The van der Waals surface area contributed by atoms with Gasteiger partial charge in [0.2, 0.25) is 5.91 Å². The van der Waals surface area contributed by atoms with Gasteiger partial charge in [-0.15, -0.1) is 11.3 Å². The first-order valence-corrected chi connectivity index (χ1v) is 7.41. The maximum atomic E-state index is 12.2. The zero-order valence-electron chi connectivity index (χ0n) is 10.3. The highest BCUT2D eigenvalue weighted by Gasteiger charge is 2.39. The molecule has 5 nitrogen and oxygen atoms in total. The van der Waals surface area contributed by atoms with Gasteiger partial charge in [0, 0.05) is 25.0 Å². The van der Waals surface area contributed by atoms with Crippen LogP contribution in [0.3, 0.4) is 0 Å². The summed E-state index contributed by atoms with van der Waals surface area (Å²) in [5.41, 5.74) is 0. The Kier molecular flexibility index (Phi) is 4.59. The minimum absolute atomic E-state index is 0.165. The Labute approximate surface area is 123 Å². The van der Waals surface area contributed by atoms with Gasteiger partial charge in [0.1, 0.15) is 6.04 Å². The van der Waals surface area contributed by atoms with Crippen molar-refractivity contribution in [3.05, 3.63) is 20.8 Å². The molecule has 1 fully saturated rings. The van der Waals surface area contributed by atoms with Crippen LogP contribution in [0.1, 0.15) is 11.3 Å². The van der Waals surface area contributed by atoms with Crippen LogP contribution >= 0.6 is 27.3 Å². The van der Waals surface area contributed by atoms with Crippen LogP contribution in [0.25, 0.3) is 0 Å². The molecule has 104 valence electrons. The summed E-state index contributed by atoms with van der Waals surface area (Å²) in [5, 5.41) is 9.16. The number of thiophene rings is 1. The number of aliphatic carboxylic acids is 1. The molecule has 0 spiro atoms. The number of carboxylic acid groups (broad SMARTS) is 1. The Morgan fingerprint density at radius 1 is 1.58 bits per heavy atom. The molecule has 0 aromatic carbocycles. The molecule has 2 rings (SSSR count). The molecule has 2 heterocycles. The Hall–Kier alpha value is -0.920. The first-order chi connectivity index (χ1) is 9.01. The molecule has 1 N–H and O–H groups in total. The fraction of sp³-hybridized carbons (Fsp3) is 0.500. The number of ether oxygens (including phenoxy) is 1. The van der Waals surface area contributed by atoms with E-state index in [0.29, 0.717) is 13.0 Å². The maximum Gasteiger partial charge on any atom is 0.326 e. The van der Waals surface area contributed by atoms with Gasteiger partial charge < -0.3 is 14.7 Å². The highest BCUT2D eigenvalue weighted by atomic mass is 79.9. The molecule has 19 heavy (non-hydrogen) atoms. The highest BCUT2D eigenvalue weighted by Crippen LogP contribution is 2.25. The third-order valence-electron chi connectivity index (χ3n) is 3.16. The number of methoxy groups -OCH3 is 1. The number of hydrogen-bond acceptors (Lipinski definition) is 4. The van der Waals surface area contributed by atoms with E-state index in [1.807, 2.05) is 12.1 Å². The average Bonchev–Trinajstić information content (AvgIpc) is 2.95. The average molecular weight is 348 g/mol. The summed E-state index contributed by atoms with van der Waals surface area (Å²) < 4.78 is 6.12. The van der Waals surface area contributed by atoms with Crippen molar-refractivity contribution < 1.29 is 19.4 Å². The van der Waals surface area contributed by atoms with Crippen LogP contribution < -0.4 is 0 Å². The third kappa shape index (κ3) is 3.34. The van der Waals surface area contributed by atoms with Crippen molar-refractivity contribution in [1.82, 2.24) is 4.90 Å². The second-order valence-electron chi connectivity index (χ2n) is 4.38. The summed E-state index contributed by atoms with van der Waals surface area (Å²) in [4.78, 5) is 25.7.